The zero-order chi connectivity index (χ0) is 12.5. The first-order valence-electron chi connectivity index (χ1n) is 4.86. The summed E-state index contributed by atoms with van der Waals surface area (Å²) >= 11 is 0. The zero-order valence-corrected chi connectivity index (χ0v) is 8.74. The van der Waals surface area contributed by atoms with E-state index in [0.717, 1.165) is 12.4 Å². The van der Waals surface area contributed by atoms with Crippen molar-refractivity contribution in [2.24, 2.45) is 5.73 Å². The van der Waals surface area contributed by atoms with Crippen LogP contribution in [0, 0.1) is 0 Å². The molecule has 92 valence electrons. The van der Waals surface area contributed by atoms with Gasteiger partial charge in [-0.3, -0.25) is 4.68 Å². The summed E-state index contributed by atoms with van der Waals surface area (Å²) in [6.07, 6.45) is -2.65. The Morgan fingerprint density at radius 3 is 2.53 bits per heavy atom. The monoisotopic (exact) mass is 245 g/mol. The van der Waals surface area contributed by atoms with Crippen molar-refractivity contribution in [3.05, 3.63) is 41.6 Å². The minimum atomic E-state index is -4.37. The number of hydrogen-bond acceptors (Lipinski definition) is 3. The van der Waals surface area contributed by atoms with Crippen molar-refractivity contribution in [2.45, 2.75) is 19.3 Å². The number of hydrogen-bond donors (Lipinski definition) is 1. The van der Waals surface area contributed by atoms with E-state index in [-0.39, 0.29) is 13.1 Å². The molecule has 0 aromatic carbocycles. The molecule has 0 aliphatic rings. The van der Waals surface area contributed by atoms with Crippen molar-refractivity contribution < 1.29 is 17.6 Å². The quantitative estimate of drug-likeness (QED) is 0.899. The number of nitrogens with two attached hydrogens (primary N) is 1. The Labute approximate surface area is 94.8 Å². The Morgan fingerprint density at radius 1 is 1.29 bits per heavy atom. The minimum absolute atomic E-state index is 0.149. The highest BCUT2D eigenvalue weighted by Crippen LogP contribution is 2.28. The molecule has 0 aliphatic heterocycles. The highest BCUT2D eigenvalue weighted by Gasteiger charge is 2.32. The molecule has 0 amide bonds. The number of nitrogens with zero attached hydrogens (tertiary/aromatic N) is 2. The van der Waals surface area contributed by atoms with Gasteiger partial charge in [-0.15, -0.1) is 0 Å². The summed E-state index contributed by atoms with van der Waals surface area (Å²) in [5.74, 6) is 1.10. The molecule has 4 nitrogen and oxygen atoms in total. The molecule has 0 fully saturated rings. The van der Waals surface area contributed by atoms with Gasteiger partial charge in [-0.05, 0) is 12.1 Å². The number of alkyl halides is 3. The molecule has 2 N–H and O–H groups in total. The van der Waals surface area contributed by atoms with E-state index < -0.39 is 11.7 Å². The molecule has 0 saturated carbocycles. The van der Waals surface area contributed by atoms with E-state index in [2.05, 4.69) is 5.10 Å². The lowest BCUT2D eigenvalue weighted by Gasteiger charge is -2.01. The number of halogens is 3. The number of aromatic nitrogens is 2. The number of furan rings is 1. The SMILES string of the molecule is NCc1ccc(Cn2cc(C(F)(F)F)cn2)o1. The second kappa shape index (κ2) is 4.25. The normalized spacial score (nSPS) is 12.0. The topological polar surface area (TPSA) is 57.0 Å². The Hall–Kier alpha value is -1.76. The molecule has 7 heteroatoms. The average Bonchev–Trinajstić information content (AvgIpc) is 2.86. The molecule has 0 atom stereocenters. The first-order valence-corrected chi connectivity index (χ1v) is 4.86. The molecule has 0 saturated heterocycles. The second-order valence-corrected chi connectivity index (χ2v) is 3.50. The van der Waals surface area contributed by atoms with Crippen LogP contribution in [0.1, 0.15) is 17.1 Å². The highest BCUT2D eigenvalue weighted by atomic mass is 19.4. The molecule has 2 rings (SSSR count). The lowest BCUT2D eigenvalue weighted by molar-refractivity contribution is -0.137. The molecule has 0 spiro atoms. The summed E-state index contributed by atoms with van der Waals surface area (Å²) in [6.45, 7) is 0.406. The van der Waals surface area contributed by atoms with Crippen LogP contribution in [0.3, 0.4) is 0 Å². The maximum atomic E-state index is 12.3. The van der Waals surface area contributed by atoms with E-state index in [0.29, 0.717) is 11.5 Å². The van der Waals surface area contributed by atoms with Crippen LogP contribution in [0.5, 0.6) is 0 Å². The predicted molar refractivity (Wildman–Crippen MR) is 52.9 cm³/mol. The molecule has 17 heavy (non-hydrogen) atoms. The third kappa shape index (κ3) is 2.68. The summed E-state index contributed by atoms with van der Waals surface area (Å²) in [6, 6.07) is 3.35. The van der Waals surface area contributed by atoms with E-state index in [1.807, 2.05) is 0 Å². The minimum Gasteiger partial charge on any atom is -0.463 e. The highest BCUT2D eigenvalue weighted by molar-refractivity contribution is 5.11. The Kier molecular flexibility index (Phi) is 2.93. The molecular weight excluding hydrogens is 235 g/mol. The third-order valence-electron chi connectivity index (χ3n) is 2.20. The van der Waals surface area contributed by atoms with Crippen LogP contribution >= 0.6 is 0 Å². The lowest BCUT2D eigenvalue weighted by atomic mass is 10.3. The maximum Gasteiger partial charge on any atom is 0.419 e. The smallest absolute Gasteiger partial charge is 0.419 e. The fraction of sp³-hybridized carbons (Fsp3) is 0.300. The van der Waals surface area contributed by atoms with E-state index in [4.69, 9.17) is 10.2 Å². The standard InChI is InChI=1S/C10H10F3N3O/c11-10(12,13)7-4-15-16(5-7)6-9-2-1-8(3-14)17-9/h1-2,4-5H,3,6,14H2. The van der Waals surface area contributed by atoms with Crippen molar-refractivity contribution in [3.8, 4) is 0 Å². The summed E-state index contributed by atoms with van der Waals surface area (Å²) < 4.78 is 43.3. The molecular formula is C10H10F3N3O. The molecule has 0 bridgehead atoms. The first kappa shape index (κ1) is 11.7. The van der Waals surface area contributed by atoms with Crippen LogP contribution in [0.15, 0.2) is 28.9 Å². The molecule has 0 aliphatic carbocycles. The van der Waals surface area contributed by atoms with E-state index in [1.165, 1.54) is 4.68 Å². The van der Waals surface area contributed by atoms with Crippen molar-refractivity contribution in [1.82, 2.24) is 9.78 Å². The van der Waals surface area contributed by atoms with Gasteiger partial charge >= 0.3 is 6.18 Å². The average molecular weight is 245 g/mol. The summed E-state index contributed by atoms with van der Waals surface area (Å²) in [4.78, 5) is 0. The van der Waals surface area contributed by atoms with Crippen molar-refractivity contribution in [3.63, 3.8) is 0 Å². The molecule has 0 unspecified atom stereocenters. The van der Waals surface area contributed by atoms with Gasteiger partial charge in [-0.2, -0.15) is 18.3 Å². The van der Waals surface area contributed by atoms with Gasteiger partial charge in [0, 0.05) is 6.20 Å². The van der Waals surface area contributed by atoms with Gasteiger partial charge in [0.1, 0.15) is 11.5 Å². The molecule has 0 radical (unpaired) electrons. The fourth-order valence-electron chi connectivity index (χ4n) is 1.37. The van der Waals surface area contributed by atoms with Crippen LogP contribution in [0.2, 0.25) is 0 Å². The van der Waals surface area contributed by atoms with Crippen molar-refractivity contribution in [1.29, 1.82) is 0 Å². The van der Waals surface area contributed by atoms with Crippen LogP contribution in [0.4, 0.5) is 13.2 Å². The molecule has 2 aromatic heterocycles. The summed E-state index contributed by atoms with van der Waals surface area (Å²) in [5, 5.41) is 3.62. The fourth-order valence-corrected chi connectivity index (χ4v) is 1.37. The second-order valence-electron chi connectivity index (χ2n) is 3.50. The summed E-state index contributed by atoms with van der Waals surface area (Å²) in [7, 11) is 0. The van der Waals surface area contributed by atoms with E-state index in [9.17, 15) is 13.2 Å². The van der Waals surface area contributed by atoms with Crippen LogP contribution in [-0.2, 0) is 19.3 Å². The van der Waals surface area contributed by atoms with Gasteiger partial charge in [0.2, 0.25) is 0 Å². The number of rotatable bonds is 3. The van der Waals surface area contributed by atoms with Crippen LogP contribution < -0.4 is 5.73 Å². The first-order chi connectivity index (χ1) is 7.99. The Bertz CT molecular complexity index is 501. The third-order valence-corrected chi connectivity index (χ3v) is 2.20. The Morgan fingerprint density at radius 2 is 2.00 bits per heavy atom. The van der Waals surface area contributed by atoms with Gasteiger partial charge in [0.25, 0.3) is 0 Å². The lowest BCUT2D eigenvalue weighted by Crippen LogP contribution is -2.03. The Balaban J connectivity index is 2.11. The van der Waals surface area contributed by atoms with E-state index in [1.54, 1.807) is 12.1 Å². The van der Waals surface area contributed by atoms with Crippen molar-refractivity contribution >= 4 is 0 Å². The molecule has 2 aromatic rings. The largest absolute Gasteiger partial charge is 0.463 e. The van der Waals surface area contributed by atoms with Crippen LogP contribution in [-0.4, -0.2) is 9.78 Å². The van der Waals surface area contributed by atoms with Gasteiger partial charge in [-0.25, -0.2) is 0 Å². The molecule has 2 heterocycles. The van der Waals surface area contributed by atoms with Gasteiger partial charge in [0.15, 0.2) is 0 Å². The van der Waals surface area contributed by atoms with Gasteiger partial charge in [0.05, 0.1) is 24.8 Å². The summed E-state index contributed by atoms with van der Waals surface area (Å²) in [5.41, 5.74) is 4.58. The van der Waals surface area contributed by atoms with Gasteiger partial charge in [-0.1, -0.05) is 0 Å². The maximum absolute atomic E-state index is 12.3. The van der Waals surface area contributed by atoms with Crippen LogP contribution in [0.25, 0.3) is 0 Å². The van der Waals surface area contributed by atoms with E-state index >= 15 is 0 Å². The van der Waals surface area contributed by atoms with Gasteiger partial charge < -0.3 is 10.2 Å². The zero-order valence-electron chi connectivity index (χ0n) is 8.74. The predicted octanol–water partition coefficient (Wildman–Crippen LogP) is 2.00. The van der Waals surface area contributed by atoms with Crippen molar-refractivity contribution in [2.75, 3.05) is 0 Å².